The highest BCUT2D eigenvalue weighted by atomic mass is 32.2. The zero-order valence-electron chi connectivity index (χ0n) is 24.5. The van der Waals surface area contributed by atoms with Gasteiger partial charge in [0.05, 0.1) is 6.10 Å². The van der Waals surface area contributed by atoms with Crippen LogP contribution in [0, 0.1) is 5.92 Å². The molecule has 8 heteroatoms. The van der Waals surface area contributed by atoms with Crippen LogP contribution in [-0.2, 0) is 16.1 Å². The lowest BCUT2D eigenvalue weighted by Crippen LogP contribution is -2.75. The fourth-order valence-electron chi connectivity index (χ4n) is 6.74. The molecule has 3 aliphatic rings. The number of piperazine rings is 1. The highest BCUT2D eigenvalue weighted by molar-refractivity contribution is 7.98. The monoisotopic (exact) mass is 579 g/mol. The van der Waals surface area contributed by atoms with Crippen LogP contribution in [-0.4, -0.2) is 70.3 Å². The Labute approximate surface area is 249 Å². The molecule has 7 nitrogen and oxygen atoms in total. The number of hydrogen-bond acceptors (Lipinski definition) is 6. The summed E-state index contributed by atoms with van der Waals surface area (Å²) in [6.07, 6.45) is 9.46. The van der Waals surface area contributed by atoms with E-state index in [1.807, 2.05) is 29.2 Å². The molecule has 2 heterocycles. The van der Waals surface area contributed by atoms with E-state index < -0.39 is 17.7 Å². The second-order valence-electron chi connectivity index (χ2n) is 11.9. The molecule has 0 aromatic heterocycles. The van der Waals surface area contributed by atoms with Gasteiger partial charge in [-0.3, -0.25) is 14.5 Å². The first kappa shape index (κ1) is 29.9. The van der Waals surface area contributed by atoms with Crippen molar-refractivity contribution in [2.75, 3.05) is 25.9 Å². The van der Waals surface area contributed by atoms with Crippen LogP contribution in [0.15, 0.2) is 53.4 Å². The second kappa shape index (κ2) is 13.6. The van der Waals surface area contributed by atoms with Gasteiger partial charge in [0.1, 0.15) is 23.1 Å². The number of carbonyl (C=O) groups excluding carboxylic acids is 2. The Morgan fingerprint density at radius 1 is 1.00 bits per heavy atom. The van der Waals surface area contributed by atoms with Crippen molar-refractivity contribution in [3.63, 3.8) is 0 Å². The van der Waals surface area contributed by atoms with E-state index in [4.69, 9.17) is 4.74 Å². The Balaban J connectivity index is 1.20. The molecule has 2 amide bonds. The average molecular weight is 580 g/mol. The van der Waals surface area contributed by atoms with Gasteiger partial charge in [0.25, 0.3) is 0 Å². The van der Waals surface area contributed by atoms with Gasteiger partial charge in [0.15, 0.2) is 0 Å². The highest BCUT2D eigenvalue weighted by Gasteiger charge is 2.55. The first-order valence-electron chi connectivity index (χ1n) is 15.4. The van der Waals surface area contributed by atoms with E-state index in [2.05, 4.69) is 47.7 Å². The third-order valence-corrected chi connectivity index (χ3v) is 10.0. The van der Waals surface area contributed by atoms with Crippen LogP contribution in [0.1, 0.15) is 70.3 Å². The van der Waals surface area contributed by atoms with Crippen LogP contribution in [0.5, 0.6) is 11.5 Å². The minimum absolute atomic E-state index is 0.0828. The molecule has 2 aliphatic heterocycles. The Morgan fingerprint density at radius 2 is 1.63 bits per heavy atom. The van der Waals surface area contributed by atoms with Gasteiger partial charge in [-0.2, -0.15) is 0 Å². The first-order valence-corrected chi connectivity index (χ1v) is 16.6. The number of benzene rings is 2. The van der Waals surface area contributed by atoms with Gasteiger partial charge in [-0.1, -0.05) is 44.7 Å². The fourth-order valence-corrected chi connectivity index (χ4v) is 7.15. The summed E-state index contributed by atoms with van der Waals surface area (Å²) in [5.41, 5.74) is 0.364. The highest BCUT2D eigenvalue weighted by Crippen LogP contribution is 2.36. The molecule has 0 bridgehead atoms. The van der Waals surface area contributed by atoms with Gasteiger partial charge in [-0.25, -0.2) is 0 Å². The predicted octanol–water partition coefficient (Wildman–Crippen LogP) is 5.60. The summed E-state index contributed by atoms with van der Waals surface area (Å²) in [4.78, 5) is 33.0. The van der Waals surface area contributed by atoms with E-state index in [9.17, 15) is 14.7 Å². The molecule has 2 saturated heterocycles. The molecule has 0 radical (unpaired) electrons. The van der Waals surface area contributed by atoms with Crippen molar-refractivity contribution in [3.8, 4) is 11.5 Å². The van der Waals surface area contributed by atoms with Crippen LogP contribution in [0.4, 0.5) is 0 Å². The lowest BCUT2D eigenvalue weighted by molar-refractivity contribution is -0.166. The summed E-state index contributed by atoms with van der Waals surface area (Å²) in [6.45, 7) is 4.93. The van der Waals surface area contributed by atoms with E-state index in [0.29, 0.717) is 19.4 Å². The molecular formula is C33H45N3O4S. The van der Waals surface area contributed by atoms with Crippen molar-refractivity contribution < 1.29 is 19.4 Å². The van der Waals surface area contributed by atoms with Crippen LogP contribution >= 0.6 is 11.8 Å². The van der Waals surface area contributed by atoms with Gasteiger partial charge in [0, 0.05) is 31.1 Å². The second-order valence-corrected chi connectivity index (χ2v) is 12.8. The Morgan fingerprint density at radius 3 is 2.24 bits per heavy atom. The maximum absolute atomic E-state index is 13.8. The topological polar surface area (TPSA) is 82.1 Å². The molecule has 41 heavy (non-hydrogen) atoms. The molecule has 3 fully saturated rings. The smallest absolute Gasteiger partial charge is 0.248 e. The van der Waals surface area contributed by atoms with Gasteiger partial charge in [-0.15, -0.1) is 11.8 Å². The number of nitrogens with zero attached hydrogens (tertiary/aromatic N) is 2. The summed E-state index contributed by atoms with van der Waals surface area (Å²) in [6, 6.07) is 15.4. The zero-order chi connectivity index (χ0) is 28.8. The molecule has 2 N–H and O–H groups in total. The normalized spacial score (nSPS) is 22.5. The molecule has 2 aromatic rings. The lowest BCUT2D eigenvalue weighted by atomic mass is 9.78. The van der Waals surface area contributed by atoms with Gasteiger partial charge in [-0.05, 0) is 86.2 Å². The number of carbonyl (C=O) groups is 2. The number of nitrogens with one attached hydrogen (secondary N) is 1. The number of piperidine rings is 1. The SMILES string of the molecule is CCCCN1C(=O)[C@@H]([C@H](O)C2CCCCC2)NC(=O)C12CCN(Cc1ccc(Oc3ccc(SC)cc3)cc1)CC2. The van der Waals surface area contributed by atoms with Crippen molar-refractivity contribution in [2.24, 2.45) is 5.92 Å². The number of aliphatic hydroxyl groups excluding tert-OH is 1. The molecule has 1 aliphatic carbocycles. The molecule has 2 atom stereocenters. The minimum atomic E-state index is -0.824. The largest absolute Gasteiger partial charge is 0.457 e. The standard InChI is InChI=1S/C33H45N3O4S/c1-3-4-20-36-31(38)29(30(37)25-8-6-5-7-9-25)34-32(39)33(36)18-21-35(22-19-33)23-24-10-12-26(13-11-24)40-27-14-16-28(41-2)17-15-27/h10-17,25,29-30,37H,3-9,18-23H2,1-2H3,(H,34,39)/t29-,30-/m1/s1. The Bertz CT molecular complexity index is 1160. The summed E-state index contributed by atoms with van der Waals surface area (Å²) in [7, 11) is 0. The first-order chi connectivity index (χ1) is 19.9. The number of ether oxygens (including phenoxy) is 1. The Kier molecular flexibility index (Phi) is 9.94. The third kappa shape index (κ3) is 6.76. The molecule has 222 valence electrons. The van der Waals surface area contributed by atoms with Crippen molar-refractivity contribution >= 4 is 23.6 Å². The molecule has 1 spiro atoms. The number of likely N-dealkylation sites (tertiary alicyclic amines) is 1. The summed E-state index contributed by atoms with van der Waals surface area (Å²) in [5, 5.41) is 14.2. The minimum Gasteiger partial charge on any atom is -0.457 e. The van der Waals surface area contributed by atoms with E-state index >= 15 is 0 Å². The van der Waals surface area contributed by atoms with Gasteiger partial charge < -0.3 is 20.1 Å². The number of unbranched alkanes of at least 4 members (excludes halogenated alkanes) is 1. The number of rotatable bonds is 10. The maximum atomic E-state index is 13.8. The molecule has 5 rings (SSSR count). The average Bonchev–Trinajstić information content (AvgIpc) is 3.01. The van der Waals surface area contributed by atoms with Crippen molar-refractivity contribution in [2.45, 2.75) is 93.8 Å². The lowest BCUT2D eigenvalue weighted by Gasteiger charge is -2.52. The van der Waals surface area contributed by atoms with E-state index in [1.54, 1.807) is 11.8 Å². The number of thioether (sulfide) groups is 1. The molecule has 0 unspecified atom stereocenters. The molecule has 1 saturated carbocycles. The molecular weight excluding hydrogens is 534 g/mol. The van der Waals surface area contributed by atoms with Crippen LogP contribution in [0.3, 0.4) is 0 Å². The third-order valence-electron chi connectivity index (χ3n) is 9.28. The fraction of sp³-hybridized carbons (Fsp3) is 0.576. The van der Waals surface area contributed by atoms with E-state index in [-0.39, 0.29) is 17.7 Å². The van der Waals surface area contributed by atoms with Crippen molar-refractivity contribution in [3.05, 3.63) is 54.1 Å². The summed E-state index contributed by atoms with van der Waals surface area (Å²) >= 11 is 1.71. The summed E-state index contributed by atoms with van der Waals surface area (Å²) < 4.78 is 6.01. The van der Waals surface area contributed by atoms with Crippen molar-refractivity contribution in [1.29, 1.82) is 0 Å². The van der Waals surface area contributed by atoms with E-state index in [1.165, 1.54) is 16.9 Å². The zero-order valence-corrected chi connectivity index (χ0v) is 25.3. The maximum Gasteiger partial charge on any atom is 0.248 e. The van der Waals surface area contributed by atoms with E-state index in [0.717, 1.165) is 69.7 Å². The number of hydrogen-bond donors (Lipinski definition) is 2. The van der Waals surface area contributed by atoms with Gasteiger partial charge >= 0.3 is 0 Å². The van der Waals surface area contributed by atoms with Crippen LogP contribution in [0.25, 0.3) is 0 Å². The molecule has 2 aromatic carbocycles. The van der Waals surface area contributed by atoms with Crippen LogP contribution < -0.4 is 10.1 Å². The van der Waals surface area contributed by atoms with Crippen molar-refractivity contribution in [1.82, 2.24) is 15.1 Å². The number of amides is 2. The van der Waals surface area contributed by atoms with Crippen LogP contribution in [0.2, 0.25) is 0 Å². The quantitative estimate of drug-likeness (QED) is 0.357. The predicted molar refractivity (Wildman–Crippen MR) is 163 cm³/mol. The number of aliphatic hydroxyl groups is 1. The Hall–Kier alpha value is -2.55. The van der Waals surface area contributed by atoms with Gasteiger partial charge in [0.2, 0.25) is 11.8 Å². The summed E-state index contributed by atoms with van der Waals surface area (Å²) in [5.74, 6) is 1.53.